The zero-order chi connectivity index (χ0) is 14.1. The number of aromatic nitrogens is 1. The van der Waals surface area contributed by atoms with E-state index >= 15 is 0 Å². The molecule has 1 aliphatic carbocycles. The largest absolute Gasteiger partial charge is 0.497 e. The average Bonchev–Trinajstić information content (AvgIpc) is 2.86. The third kappa shape index (κ3) is 2.71. The van der Waals surface area contributed by atoms with Crippen LogP contribution >= 0.6 is 27.3 Å². The van der Waals surface area contributed by atoms with Gasteiger partial charge in [0.05, 0.1) is 23.4 Å². The molecule has 0 spiro atoms. The van der Waals surface area contributed by atoms with Crippen molar-refractivity contribution in [2.75, 3.05) is 7.11 Å². The molecule has 1 heterocycles. The topological polar surface area (TPSA) is 42.4 Å². The molecule has 0 bridgehead atoms. The number of fused-ring (bicyclic) bond motifs is 1. The molecule has 3 nitrogen and oxygen atoms in total. The first kappa shape index (κ1) is 14.3. The van der Waals surface area contributed by atoms with Crippen molar-refractivity contribution in [3.8, 4) is 5.75 Å². The molecule has 1 aromatic carbocycles. The Kier molecular flexibility index (Phi) is 4.29. The standard InChI is InChI=1S/C15H18BrNO2S/c1-19-10-7-11(13-12(8-10)20-15(16)17-13)14(18)9-5-3-2-4-6-9/h7-9,14,18H,2-6H2,1H3. The number of nitrogens with zero attached hydrogens (tertiary/aromatic N) is 1. The molecule has 0 aliphatic heterocycles. The number of aliphatic hydroxyl groups is 1. The van der Waals surface area contributed by atoms with Crippen molar-refractivity contribution in [1.82, 2.24) is 4.98 Å². The molecule has 5 heteroatoms. The minimum absolute atomic E-state index is 0.347. The zero-order valence-electron chi connectivity index (χ0n) is 11.4. The van der Waals surface area contributed by atoms with Gasteiger partial charge in [0.1, 0.15) is 5.75 Å². The van der Waals surface area contributed by atoms with Crippen LogP contribution < -0.4 is 4.74 Å². The third-order valence-electron chi connectivity index (χ3n) is 4.12. The van der Waals surface area contributed by atoms with Crippen LogP contribution in [-0.2, 0) is 0 Å². The van der Waals surface area contributed by atoms with E-state index in [1.165, 1.54) is 19.3 Å². The maximum absolute atomic E-state index is 10.8. The summed E-state index contributed by atoms with van der Waals surface area (Å²) < 4.78 is 7.26. The van der Waals surface area contributed by atoms with Crippen molar-refractivity contribution in [1.29, 1.82) is 0 Å². The van der Waals surface area contributed by atoms with E-state index in [1.54, 1.807) is 18.4 Å². The van der Waals surface area contributed by atoms with Crippen LogP contribution in [0.5, 0.6) is 5.75 Å². The first-order chi connectivity index (χ1) is 9.69. The van der Waals surface area contributed by atoms with Crippen LogP contribution in [0, 0.1) is 5.92 Å². The number of halogens is 1. The molecule has 1 saturated carbocycles. The molecule has 1 atom stereocenters. The van der Waals surface area contributed by atoms with Gasteiger partial charge in [-0.2, -0.15) is 0 Å². The van der Waals surface area contributed by atoms with Gasteiger partial charge >= 0.3 is 0 Å². The van der Waals surface area contributed by atoms with E-state index in [-0.39, 0.29) is 0 Å². The minimum Gasteiger partial charge on any atom is -0.497 e. The summed E-state index contributed by atoms with van der Waals surface area (Å²) in [7, 11) is 1.66. The Balaban J connectivity index is 2.03. The van der Waals surface area contributed by atoms with Crippen LogP contribution in [-0.4, -0.2) is 17.2 Å². The highest BCUT2D eigenvalue weighted by molar-refractivity contribution is 9.11. The van der Waals surface area contributed by atoms with Gasteiger partial charge in [-0.05, 0) is 46.8 Å². The fourth-order valence-electron chi connectivity index (χ4n) is 3.05. The van der Waals surface area contributed by atoms with E-state index in [0.717, 1.165) is 38.3 Å². The Morgan fingerprint density at radius 3 is 2.80 bits per heavy atom. The third-order valence-corrected chi connectivity index (χ3v) is 5.58. The summed E-state index contributed by atoms with van der Waals surface area (Å²) in [6.07, 6.45) is 5.49. The summed E-state index contributed by atoms with van der Waals surface area (Å²) >= 11 is 5.01. The fourth-order valence-corrected chi connectivity index (χ4v) is 4.50. The number of thiazole rings is 1. The number of ether oxygens (including phenoxy) is 1. The molecular weight excluding hydrogens is 338 g/mol. The number of aliphatic hydroxyl groups excluding tert-OH is 1. The van der Waals surface area contributed by atoms with Gasteiger partial charge in [-0.1, -0.05) is 19.3 Å². The van der Waals surface area contributed by atoms with Crippen LogP contribution in [0.15, 0.2) is 16.0 Å². The highest BCUT2D eigenvalue weighted by Crippen LogP contribution is 2.40. The second kappa shape index (κ2) is 6.00. The summed E-state index contributed by atoms with van der Waals surface area (Å²) in [5.74, 6) is 1.14. The number of hydrogen-bond donors (Lipinski definition) is 1. The van der Waals surface area contributed by atoms with Gasteiger partial charge in [-0.3, -0.25) is 0 Å². The van der Waals surface area contributed by atoms with Crippen LogP contribution in [0.2, 0.25) is 0 Å². The first-order valence-electron chi connectivity index (χ1n) is 7.01. The van der Waals surface area contributed by atoms with E-state index in [9.17, 15) is 5.11 Å². The van der Waals surface area contributed by atoms with Crippen molar-refractivity contribution in [2.45, 2.75) is 38.2 Å². The second-order valence-electron chi connectivity index (χ2n) is 5.37. The quantitative estimate of drug-likeness (QED) is 0.868. The Labute approximate surface area is 131 Å². The van der Waals surface area contributed by atoms with Gasteiger partial charge in [-0.25, -0.2) is 4.98 Å². The van der Waals surface area contributed by atoms with E-state index in [2.05, 4.69) is 20.9 Å². The lowest BCUT2D eigenvalue weighted by molar-refractivity contribution is 0.0857. The van der Waals surface area contributed by atoms with Crippen LogP contribution in [0.1, 0.15) is 43.8 Å². The summed E-state index contributed by atoms with van der Waals surface area (Å²) in [4.78, 5) is 4.52. The normalized spacial score (nSPS) is 18.4. The molecule has 2 aromatic rings. The fraction of sp³-hybridized carbons (Fsp3) is 0.533. The highest BCUT2D eigenvalue weighted by Gasteiger charge is 2.26. The number of methoxy groups -OCH3 is 1. The molecule has 1 fully saturated rings. The summed E-state index contributed by atoms with van der Waals surface area (Å²) in [6.45, 7) is 0. The van der Waals surface area contributed by atoms with E-state index < -0.39 is 6.10 Å². The SMILES string of the molecule is COc1cc(C(O)C2CCCCC2)c2nc(Br)sc2c1. The van der Waals surface area contributed by atoms with Crippen molar-refractivity contribution >= 4 is 37.5 Å². The van der Waals surface area contributed by atoms with Crippen molar-refractivity contribution < 1.29 is 9.84 Å². The minimum atomic E-state index is -0.443. The van der Waals surface area contributed by atoms with Gasteiger partial charge in [0.25, 0.3) is 0 Å². The molecule has 0 amide bonds. The monoisotopic (exact) mass is 355 g/mol. The summed E-state index contributed by atoms with van der Waals surface area (Å²) in [6, 6.07) is 3.92. The summed E-state index contributed by atoms with van der Waals surface area (Å²) in [5.41, 5.74) is 1.81. The van der Waals surface area contributed by atoms with Crippen LogP contribution in [0.3, 0.4) is 0 Å². The molecular formula is C15H18BrNO2S. The van der Waals surface area contributed by atoms with E-state index in [4.69, 9.17) is 4.74 Å². The maximum atomic E-state index is 10.8. The van der Waals surface area contributed by atoms with Crippen molar-refractivity contribution in [3.05, 3.63) is 21.6 Å². The van der Waals surface area contributed by atoms with Crippen LogP contribution in [0.25, 0.3) is 10.2 Å². The van der Waals surface area contributed by atoms with Gasteiger partial charge in [0.15, 0.2) is 3.92 Å². The highest BCUT2D eigenvalue weighted by atomic mass is 79.9. The Morgan fingerprint density at radius 1 is 1.35 bits per heavy atom. The molecule has 0 radical (unpaired) electrons. The van der Waals surface area contributed by atoms with Crippen molar-refractivity contribution in [3.63, 3.8) is 0 Å². The second-order valence-corrected chi connectivity index (χ2v) is 7.68. The maximum Gasteiger partial charge on any atom is 0.160 e. The molecule has 0 saturated heterocycles. The first-order valence-corrected chi connectivity index (χ1v) is 8.62. The zero-order valence-corrected chi connectivity index (χ0v) is 13.8. The predicted octanol–water partition coefficient (Wildman–Crippen LogP) is 4.68. The lowest BCUT2D eigenvalue weighted by Crippen LogP contribution is -2.16. The lowest BCUT2D eigenvalue weighted by Gasteiger charge is -2.27. The van der Waals surface area contributed by atoms with E-state index in [0.29, 0.717) is 5.92 Å². The molecule has 1 N–H and O–H groups in total. The van der Waals surface area contributed by atoms with E-state index in [1.807, 2.05) is 12.1 Å². The van der Waals surface area contributed by atoms with Gasteiger partial charge < -0.3 is 9.84 Å². The molecule has 1 unspecified atom stereocenters. The molecule has 1 aliphatic rings. The molecule has 108 valence electrons. The van der Waals surface area contributed by atoms with Crippen molar-refractivity contribution in [2.24, 2.45) is 5.92 Å². The molecule has 20 heavy (non-hydrogen) atoms. The molecule has 3 rings (SSSR count). The average molecular weight is 356 g/mol. The summed E-state index contributed by atoms with van der Waals surface area (Å²) in [5, 5.41) is 10.8. The number of hydrogen-bond acceptors (Lipinski definition) is 4. The number of rotatable bonds is 3. The molecule has 1 aromatic heterocycles. The van der Waals surface area contributed by atoms with Gasteiger partial charge in [-0.15, -0.1) is 11.3 Å². The number of benzene rings is 1. The van der Waals surface area contributed by atoms with Gasteiger partial charge in [0.2, 0.25) is 0 Å². The predicted molar refractivity (Wildman–Crippen MR) is 85.4 cm³/mol. The van der Waals surface area contributed by atoms with Gasteiger partial charge in [0, 0.05) is 5.56 Å². The Hall–Kier alpha value is -0.650. The Bertz CT molecular complexity index is 607. The lowest BCUT2D eigenvalue weighted by atomic mass is 9.82. The Morgan fingerprint density at radius 2 is 2.10 bits per heavy atom. The van der Waals surface area contributed by atoms with Crippen LogP contribution in [0.4, 0.5) is 0 Å². The smallest absolute Gasteiger partial charge is 0.160 e.